The van der Waals surface area contributed by atoms with Crippen LogP contribution in [0.15, 0.2) is 5.16 Å². The number of carbonyl (C=O) groups excluding carboxylic acids is 1. The number of alkyl halides is 2. The van der Waals surface area contributed by atoms with Gasteiger partial charge in [0.05, 0.1) is 6.54 Å². The smallest absolute Gasteiger partial charge is 0.248 e. The van der Waals surface area contributed by atoms with Gasteiger partial charge in [0.25, 0.3) is 0 Å². The van der Waals surface area contributed by atoms with Gasteiger partial charge in [-0.25, -0.2) is 8.78 Å². The highest BCUT2D eigenvalue weighted by atomic mass is 19.3. The molecule has 0 saturated heterocycles. The highest BCUT2D eigenvalue weighted by Gasteiger charge is 2.44. The maximum absolute atomic E-state index is 13.1. The Morgan fingerprint density at radius 2 is 2.22 bits per heavy atom. The first kappa shape index (κ1) is 14.7. The molecule has 0 spiro atoms. The highest BCUT2D eigenvalue weighted by Crippen LogP contribution is 2.39. The van der Waals surface area contributed by atoms with E-state index in [4.69, 9.17) is 10.9 Å². The van der Waals surface area contributed by atoms with E-state index < -0.39 is 18.3 Å². The van der Waals surface area contributed by atoms with Crippen LogP contribution in [0.2, 0.25) is 0 Å². The maximum atomic E-state index is 13.1. The van der Waals surface area contributed by atoms with Crippen LogP contribution in [0.25, 0.3) is 0 Å². The number of nitrogens with zero attached hydrogens (tertiary/aromatic N) is 2. The zero-order chi connectivity index (χ0) is 13.9. The zero-order valence-electron chi connectivity index (χ0n) is 10.6. The van der Waals surface area contributed by atoms with Crippen molar-refractivity contribution in [1.82, 2.24) is 4.90 Å². The number of halogens is 2. The topological polar surface area (TPSA) is 78.9 Å². The summed E-state index contributed by atoms with van der Waals surface area (Å²) in [5, 5.41) is 11.3. The molecule has 1 atom stereocenters. The molecule has 7 heteroatoms. The van der Waals surface area contributed by atoms with Crippen molar-refractivity contribution in [3.8, 4) is 0 Å². The van der Waals surface area contributed by atoms with Crippen molar-refractivity contribution in [2.45, 2.75) is 45.1 Å². The molecule has 0 aromatic heterocycles. The van der Waals surface area contributed by atoms with Crippen LogP contribution < -0.4 is 5.73 Å². The molecule has 1 rings (SSSR count). The van der Waals surface area contributed by atoms with E-state index >= 15 is 0 Å². The summed E-state index contributed by atoms with van der Waals surface area (Å²) in [5.41, 5.74) is 5.36. The van der Waals surface area contributed by atoms with E-state index in [-0.39, 0.29) is 37.2 Å². The van der Waals surface area contributed by atoms with Gasteiger partial charge < -0.3 is 15.8 Å². The molecule has 1 fully saturated rings. The largest absolute Gasteiger partial charge is 0.409 e. The minimum absolute atomic E-state index is 0.0466. The summed E-state index contributed by atoms with van der Waals surface area (Å²) in [5.74, 6) is -3.89. The molecule has 1 saturated carbocycles. The van der Waals surface area contributed by atoms with Crippen LogP contribution in [0.1, 0.15) is 33.1 Å². The van der Waals surface area contributed by atoms with Gasteiger partial charge in [-0.15, -0.1) is 0 Å². The Morgan fingerprint density at radius 1 is 1.61 bits per heavy atom. The summed E-state index contributed by atoms with van der Waals surface area (Å²) >= 11 is 0. The summed E-state index contributed by atoms with van der Waals surface area (Å²) in [7, 11) is 0. The molecule has 0 aromatic rings. The molecule has 1 unspecified atom stereocenters. The summed E-state index contributed by atoms with van der Waals surface area (Å²) < 4.78 is 26.2. The molecule has 0 aliphatic heterocycles. The van der Waals surface area contributed by atoms with E-state index in [1.54, 1.807) is 13.8 Å². The Hall–Kier alpha value is -1.40. The van der Waals surface area contributed by atoms with E-state index in [1.165, 1.54) is 4.90 Å². The van der Waals surface area contributed by atoms with E-state index in [9.17, 15) is 13.6 Å². The molecular weight excluding hydrogens is 244 g/mol. The lowest BCUT2D eigenvalue weighted by Gasteiger charge is -2.28. The Bertz CT molecular complexity index is 345. The SMILES string of the molecule is CC(C)N(CC(N)=NO)C(=O)C1CCC(F)(F)C1. The normalized spacial score (nSPS) is 23.4. The third kappa shape index (κ3) is 3.54. The van der Waals surface area contributed by atoms with Crippen LogP contribution in [0.5, 0.6) is 0 Å². The van der Waals surface area contributed by atoms with E-state index in [1.807, 2.05) is 0 Å². The van der Waals surface area contributed by atoms with Gasteiger partial charge in [-0.1, -0.05) is 5.16 Å². The fourth-order valence-electron chi connectivity index (χ4n) is 2.12. The summed E-state index contributed by atoms with van der Waals surface area (Å²) in [6, 6.07) is -0.188. The van der Waals surface area contributed by atoms with Gasteiger partial charge in [-0.05, 0) is 20.3 Å². The minimum atomic E-state index is -2.75. The van der Waals surface area contributed by atoms with Crippen LogP contribution >= 0.6 is 0 Å². The van der Waals surface area contributed by atoms with Crippen LogP contribution in [0.4, 0.5) is 8.78 Å². The van der Waals surface area contributed by atoms with E-state index in [0.717, 1.165) is 0 Å². The van der Waals surface area contributed by atoms with Crippen LogP contribution in [-0.4, -0.2) is 40.4 Å². The molecule has 1 aliphatic carbocycles. The van der Waals surface area contributed by atoms with E-state index in [0.29, 0.717) is 0 Å². The predicted molar refractivity (Wildman–Crippen MR) is 62.5 cm³/mol. The number of oxime groups is 1. The predicted octanol–water partition coefficient (Wildman–Crippen LogP) is 1.41. The van der Waals surface area contributed by atoms with Crippen molar-refractivity contribution in [2.24, 2.45) is 16.8 Å². The summed E-state index contributed by atoms with van der Waals surface area (Å²) in [6.45, 7) is 3.47. The van der Waals surface area contributed by atoms with Gasteiger partial charge >= 0.3 is 0 Å². The van der Waals surface area contributed by atoms with Crippen molar-refractivity contribution < 1.29 is 18.8 Å². The van der Waals surface area contributed by atoms with Gasteiger partial charge in [-0.3, -0.25) is 4.79 Å². The quantitative estimate of drug-likeness (QED) is 0.348. The van der Waals surface area contributed by atoms with Crippen LogP contribution in [0.3, 0.4) is 0 Å². The molecule has 0 bridgehead atoms. The van der Waals surface area contributed by atoms with E-state index in [2.05, 4.69) is 5.16 Å². The van der Waals surface area contributed by atoms with Crippen molar-refractivity contribution in [1.29, 1.82) is 0 Å². The fraction of sp³-hybridized carbons (Fsp3) is 0.818. The third-order valence-corrected chi connectivity index (χ3v) is 3.12. The molecule has 0 radical (unpaired) electrons. The molecule has 0 heterocycles. The second kappa shape index (κ2) is 5.49. The lowest BCUT2D eigenvalue weighted by Crippen LogP contribution is -2.45. The number of amides is 1. The number of carbonyl (C=O) groups is 1. The lowest BCUT2D eigenvalue weighted by atomic mass is 10.1. The van der Waals surface area contributed by atoms with Gasteiger partial charge in [-0.2, -0.15) is 0 Å². The molecular formula is C11H19F2N3O2. The van der Waals surface area contributed by atoms with Crippen molar-refractivity contribution >= 4 is 11.7 Å². The van der Waals surface area contributed by atoms with Crippen molar-refractivity contribution in [2.75, 3.05) is 6.54 Å². The summed E-state index contributed by atoms with van der Waals surface area (Å²) in [4.78, 5) is 13.5. The molecule has 0 aromatic carbocycles. The van der Waals surface area contributed by atoms with Gasteiger partial charge in [0.2, 0.25) is 11.8 Å². The Morgan fingerprint density at radius 3 is 2.61 bits per heavy atom. The monoisotopic (exact) mass is 263 g/mol. The Labute approximate surface area is 105 Å². The lowest BCUT2D eigenvalue weighted by molar-refractivity contribution is -0.137. The average Bonchev–Trinajstić information content (AvgIpc) is 2.64. The molecule has 1 amide bonds. The molecule has 104 valence electrons. The third-order valence-electron chi connectivity index (χ3n) is 3.12. The average molecular weight is 263 g/mol. The standard InChI is InChI=1S/C11H19F2N3O2/c1-7(2)16(6-9(14)15-18)10(17)8-3-4-11(12,13)5-8/h7-8,18H,3-6H2,1-2H3,(H2,14,15). The summed E-state index contributed by atoms with van der Waals surface area (Å²) in [6.07, 6.45) is -0.477. The second-order valence-electron chi connectivity index (χ2n) is 4.95. The van der Waals surface area contributed by atoms with Crippen molar-refractivity contribution in [3.05, 3.63) is 0 Å². The zero-order valence-corrected chi connectivity index (χ0v) is 10.6. The highest BCUT2D eigenvalue weighted by molar-refractivity contribution is 5.88. The van der Waals surface area contributed by atoms with Crippen molar-refractivity contribution in [3.63, 3.8) is 0 Å². The Kier molecular flexibility index (Phi) is 4.48. The Balaban J connectivity index is 2.72. The van der Waals surface area contributed by atoms with Gasteiger partial charge in [0, 0.05) is 24.8 Å². The van der Waals surface area contributed by atoms with Gasteiger partial charge in [0.15, 0.2) is 5.84 Å². The number of rotatable bonds is 4. The molecule has 3 N–H and O–H groups in total. The number of nitrogens with two attached hydrogens (primary N) is 1. The molecule has 5 nitrogen and oxygen atoms in total. The van der Waals surface area contributed by atoms with Gasteiger partial charge in [0.1, 0.15) is 0 Å². The first-order valence-electron chi connectivity index (χ1n) is 5.91. The fourth-order valence-corrected chi connectivity index (χ4v) is 2.12. The number of amidine groups is 1. The maximum Gasteiger partial charge on any atom is 0.248 e. The van der Waals surface area contributed by atoms with Crippen LogP contribution in [0, 0.1) is 5.92 Å². The van der Waals surface area contributed by atoms with Crippen LogP contribution in [-0.2, 0) is 4.79 Å². The number of hydrogen-bond acceptors (Lipinski definition) is 3. The first-order chi connectivity index (χ1) is 8.26. The minimum Gasteiger partial charge on any atom is -0.409 e. The number of hydrogen-bond donors (Lipinski definition) is 2. The molecule has 18 heavy (non-hydrogen) atoms. The molecule has 1 aliphatic rings. The first-order valence-corrected chi connectivity index (χ1v) is 5.91. The second-order valence-corrected chi connectivity index (χ2v) is 4.95.